The third kappa shape index (κ3) is 4.42. The average molecular weight is 477 g/mol. The van der Waals surface area contributed by atoms with Gasteiger partial charge in [0, 0.05) is 18.6 Å². The van der Waals surface area contributed by atoms with Gasteiger partial charge in [0.2, 0.25) is 11.8 Å². The molecule has 190 valence electrons. The van der Waals surface area contributed by atoms with Crippen molar-refractivity contribution in [3.63, 3.8) is 0 Å². The Kier molecular flexibility index (Phi) is 7.35. The molecule has 34 heavy (non-hydrogen) atoms. The van der Waals surface area contributed by atoms with Crippen LogP contribution in [0.1, 0.15) is 53.9 Å². The lowest BCUT2D eigenvalue weighted by Crippen LogP contribution is -2.61. The minimum atomic E-state index is -1.11. The molecular weight excluding hydrogens is 436 g/mol. The highest BCUT2D eigenvalue weighted by atomic mass is 16.6. The molecule has 2 amide bonds. The lowest BCUT2D eigenvalue weighted by molar-refractivity contribution is -0.155. The summed E-state index contributed by atoms with van der Waals surface area (Å²) in [6.07, 6.45) is 4.50. The second-order valence-electron chi connectivity index (χ2n) is 11.5. The Bertz CT molecular complexity index is 847. The van der Waals surface area contributed by atoms with Gasteiger partial charge in [-0.25, -0.2) is 0 Å². The van der Waals surface area contributed by atoms with Gasteiger partial charge in [-0.1, -0.05) is 39.5 Å². The first kappa shape index (κ1) is 26.4. The van der Waals surface area contributed by atoms with Crippen LogP contribution in [-0.4, -0.2) is 82.3 Å². The number of carbonyl (C=O) groups excluding carboxylic acids is 3. The van der Waals surface area contributed by atoms with Crippen LogP contribution < -0.4 is 0 Å². The van der Waals surface area contributed by atoms with Gasteiger partial charge in [0.25, 0.3) is 0 Å². The highest BCUT2D eigenvalue weighted by molar-refractivity contribution is 5.98. The standard InChI is InChI=1S/C26H40N2O6/c1-8-12-28(25(6,7)16-24(3,4)5)22(31)20-26-11-10-17(34-26)18(23(32)33-15-9-2)19(26)21(30)27(20)13-14-29/h8-9,17-20,29H,1-2,10-16H2,3-7H3/t17-,18+,19-,20?,26?/m0/s1. The van der Waals surface area contributed by atoms with Crippen LogP contribution >= 0.6 is 0 Å². The molecule has 8 heteroatoms. The van der Waals surface area contributed by atoms with Crippen LogP contribution in [0.25, 0.3) is 0 Å². The monoisotopic (exact) mass is 476 g/mol. The summed E-state index contributed by atoms with van der Waals surface area (Å²) in [4.78, 5) is 44.0. The first-order chi connectivity index (χ1) is 15.8. The number of amides is 2. The van der Waals surface area contributed by atoms with Crippen LogP contribution in [0.2, 0.25) is 0 Å². The van der Waals surface area contributed by atoms with Crippen LogP contribution in [0.3, 0.4) is 0 Å². The molecule has 3 fully saturated rings. The quantitative estimate of drug-likeness (QED) is 0.384. The second kappa shape index (κ2) is 9.46. The molecule has 2 unspecified atom stereocenters. The number of ether oxygens (including phenoxy) is 2. The van der Waals surface area contributed by atoms with Crippen molar-refractivity contribution >= 4 is 17.8 Å². The molecule has 0 aliphatic carbocycles. The number of likely N-dealkylation sites (tertiary alicyclic amines) is 1. The van der Waals surface area contributed by atoms with E-state index in [1.807, 2.05) is 13.8 Å². The summed E-state index contributed by atoms with van der Waals surface area (Å²) in [5.74, 6) is -2.64. The van der Waals surface area contributed by atoms with Crippen molar-refractivity contribution in [2.75, 3.05) is 26.3 Å². The van der Waals surface area contributed by atoms with E-state index in [-0.39, 0.29) is 37.0 Å². The number of hydrogen-bond acceptors (Lipinski definition) is 6. The molecule has 3 saturated heterocycles. The lowest BCUT2D eigenvalue weighted by atomic mass is 9.70. The van der Waals surface area contributed by atoms with E-state index in [2.05, 4.69) is 33.9 Å². The molecule has 3 aliphatic heterocycles. The molecule has 0 aromatic carbocycles. The normalized spacial score (nSPS) is 30.3. The summed E-state index contributed by atoms with van der Waals surface area (Å²) in [5, 5.41) is 9.74. The largest absolute Gasteiger partial charge is 0.461 e. The Morgan fingerprint density at radius 1 is 1.26 bits per heavy atom. The average Bonchev–Trinajstić information content (AvgIpc) is 3.36. The maximum atomic E-state index is 14.3. The zero-order valence-electron chi connectivity index (χ0n) is 21.2. The maximum Gasteiger partial charge on any atom is 0.312 e. The smallest absolute Gasteiger partial charge is 0.312 e. The van der Waals surface area contributed by atoms with E-state index in [0.717, 1.165) is 6.42 Å². The number of aliphatic hydroxyl groups is 1. The van der Waals surface area contributed by atoms with E-state index in [4.69, 9.17) is 9.47 Å². The topological polar surface area (TPSA) is 96.4 Å². The molecular formula is C26H40N2O6. The molecule has 2 bridgehead atoms. The van der Waals surface area contributed by atoms with Crippen molar-refractivity contribution in [2.45, 2.75) is 77.2 Å². The fraction of sp³-hybridized carbons (Fsp3) is 0.731. The van der Waals surface area contributed by atoms with Crippen LogP contribution in [0, 0.1) is 17.3 Å². The molecule has 0 aromatic heterocycles. The van der Waals surface area contributed by atoms with Gasteiger partial charge in [0.1, 0.15) is 18.2 Å². The van der Waals surface area contributed by atoms with Crippen molar-refractivity contribution in [1.29, 1.82) is 0 Å². The Labute approximate surface area is 202 Å². The van der Waals surface area contributed by atoms with Gasteiger partial charge >= 0.3 is 5.97 Å². The summed E-state index contributed by atoms with van der Waals surface area (Å²) < 4.78 is 11.7. The number of aliphatic hydroxyl groups excluding tert-OH is 1. The van der Waals surface area contributed by atoms with Crippen molar-refractivity contribution in [3.8, 4) is 0 Å². The van der Waals surface area contributed by atoms with E-state index in [0.29, 0.717) is 19.4 Å². The summed E-state index contributed by atoms with van der Waals surface area (Å²) in [6, 6.07) is -0.918. The van der Waals surface area contributed by atoms with Crippen LogP contribution in [0.5, 0.6) is 0 Å². The van der Waals surface area contributed by atoms with Crippen LogP contribution in [-0.2, 0) is 23.9 Å². The van der Waals surface area contributed by atoms with E-state index in [1.54, 1.807) is 11.0 Å². The van der Waals surface area contributed by atoms with Gasteiger partial charge in [-0.05, 0) is 38.5 Å². The summed E-state index contributed by atoms with van der Waals surface area (Å²) in [6.45, 7) is 17.9. The highest BCUT2D eigenvalue weighted by Crippen LogP contribution is 2.59. The molecule has 3 rings (SSSR count). The van der Waals surface area contributed by atoms with Gasteiger partial charge in [-0.2, -0.15) is 0 Å². The highest BCUT2D eigenvalue weighted by Gasteiger charge is 2.75. The van der Waals surface area contributed by atoms with Crippen LogP contribution in [0.15, 0.2) is 25.3 Å². The van der Waals surface area contributed by atoms with E-state index in [9.17, 15) is 19.5 Å². The van der Waals surface area contributed by atoms with Gasteiger partial charge in [0.15, 0.2) is 0 Å². The fourth-order valence-corrected chi connectivity index (χ4v) is 6.59. The summed E-state index contributed by atoms with van der Waals surface area (Å²) in [5.41, 5.74) is -1.67. The van der Waals surface area contributed by atoms with Gasteiger partial charge in [0.05, 0.1) is 24.5 Å². The Morgan fingerprint density at radius 3 is 2.50 bits per heavy atom. The number of rotatable bonds is 10. The molecule has 0 saturated carbocycles. The fourth-order valence-electron chi connectivity index (χ4n) is 6.59. The molecule has 1 N–H and O–H groups in total. The minimum absolute atomic E-state index is 0.00241. The zero-order valence-corrected chi connectivity index (χ0v) is 21.2. The van der Waals surface area contributed by atoms with Crippen LogP contribution in [0.4, 0.5) is 0 Å². The number of hydrogen-bond donors (Lipinski definition) is 1. The third-order valence-electron chi connectivity index (χ3n) is 7.26. The third-order valence-corrected chi connectivity index (χ3v) is 7.26. The van der Waals surface area contributed by atoms with E-state index >= 15 is 0 Å². The molecule has 1 spiro atoms. The van der Waals surface area contributed by atoms with E-state index < -0.39 is 41.1 Å². The van der Waals surface area contributed by atoms with Crippen molar-refractivity contribution in [1.82, 2.24) is 9.80 Å². The number of esters is 1. The number of nitrogens with zero attached hydrogens (tertiary/aromatic N) is 2. The number of carbonyl (C=O) groups is 3. The molecule has 5 atom stereocenters. The van der Waals surface area contributed by atoms with Crippen molar-refractivity contribution in [2.24, 2.45) is 17.3 Å². The van der Waals surface area contributed by atoms with Gasteiger partial charge in [-0.15, -0.1) is 6.58 Å². The van der Waals surface area contributed by atoms with Crippen molar-refractivity contribution < 1.29 is 29.0 Å². The predicted molar refractivity (Wildman–Crippen MR) is 128 cm³/mol. The minimum Gasteiger partial charge on any atom is -0.461 e. The van der Waals surface area contributed by atoms with Gasteiger partial charge < -0.3 is 24.4 Å². The molecule has 0 aromatic rings. The zero-order chi connectivity index (χ0) is 25.5. The Hall–Kier alpha value is -2.19. The molecule has 3 aliphatic rings. The maximum absolute atomic E-state index is 14.3. The Balaban J connectivity index is 2.03. The second-order valence-corrected chi connectivity index (χ2v) is 11.5. The molecule has 8 nitrogen and oxygen atoms in total. The first-order valence-electron chi connectivity index (χ1n) is 12.1. The Morgan fingerprint density at radius 2 is 1.94 bits per heavy atom. The molecule has 0 radical (unpaired) electrons. The van der Waals surface area contributed by atoms with Crippen molar-refractivity contribution in [3.05, 3.63) is 25.3 Å². The summed E-state index contributed by atoms with van der Waals surface area (Å²) >= 11 is 0. The van der Waals surface area contributed by atoms with E-state index in [1.165, 1.54) is 11.0 Å². The SMILES string of the molecule is C=CCOC(=O)[C@@H]1[C@@H]2CCC3(O2)C(C(=O)N(CC=C)C(C)(C)CC(C)(C)C)N(CCO)C(=O)[C@H]13. The number of fused-ring (bicyclic) bond motifs is 1. The first-order valence-corrected chi connectivity index (χ1v) is 12.1. The summed E-state index contributed by atoms with van der Waals surface area (Å²) in [7, 11) is 0. The number of β-amino-alcohol motifs (C(OH)–C–C–N with tert-alkyl or cyclic N) is 1. The lowest BCUT2D eigenvalue weighted by Gasteiger charge is -2.45. The predicted octanol–water partition coefficient (Wildman–Crippen LogP) is 2.31. The molecule has 3 heterocycles. The van der Waals surface area contributed by atoms with Gasteiger partial charge in [-0.3, -0.25) is 14.4 Å².